The second-order valence-electron chi connectivity index (χ2n) is 4.92. The van der Waals surface area contributed by atoms with Gasteiger partial charge in [-0.1, -0.05) is 0 Å². The highest BCUT2D eigenvalue weighted by Gasteiger charge is 2.26. The molecule has 5 nitrogen and oxygen atoms in total. The normalized spacial score (nSPS) is 13.7. The maximum atomic E-state index is 13.8. The Bertz CT molecular complexity index is 719. The molecule has 1 aliphatic rings. The van der Waals surface area contributed by atoms with E-state index in [0.29, 0.717) is 18.0 Å². The summed E-state index contributed by atoms with van der Waals surface area (Å²) in [5.41, 5.74) is 0.701. The van der Waals surface area contributed by atoms with Crippen LogP contribution in [0.1, 0.15) is 21.6 Å². The lowest BCUT2D eigenvalue weighted by molar-refractivity contribution is 0.0724. The van der Waals surface area contributed by atoms with E-state index in [4.69, 9.17) is 4.74 Å². The van der Waals surface area contributed by atoms with E-state index in [9.17, 15) is 13.6 Å². The molecule has 7 heteroatoms. The van der Waals surface area contributed by atoms with Crippen molar-refractivity contribution in [1.29, 1.82) is 0 Å². The third kappa shape index (κ3) is 2.49. The molecule has 0 fully saturated rings. The van der Waals surface area contributed by atoms with Crippen LogP contribution in [0.4, 0.5) is 8.78 Å². The zero-order valence-electron chi connectivity index (χ0n) is 11.8. The molecule has 0 saturated carbocycles. The number of aromatic nitrogens is 2. The Morgan fingerprint density at radius 1 is 1.14 bits per heavy atom. The van der Waals surface area contributed by atoms with Crippen LogP contribution < -0.4 is 4.74 Å². The molecule has 1 amide bonds. The Morgan fingerprint density at radius 3 is 2.50 bits per heavy atom. The molecule has 0 bridgehead atoms. The molecule has 0 N–H and O–H groups in total. The van der Waals surface area contributed by atoms with Crippen molar-refractivity contribution in [3.8, 4) is 5.88 Å². The van der Waals surface area contributed by atoms with Gasteiger partial charge in [0.25, 0.3) is 5.91 Å². The SMILES string of the molecule is COc1ccc(C(=O)N2CCc3c(F)ccc(F)c3C2)nn1. The van der Waals surface area contributed by atoms with Gasteiger partial charge in [-0.2, -0.15) is 0 Å². The van der Waals surface area contributed by atoms with Gasteiger partial charge >= 0.3 is 0 Å². The van der Waals surface area contributed by atoms with Crippen molar-refractivity contribution in [3.05, 3.63) is 52.7 Å². The molecular weight excluding hydrogens is 292 g/mol. The first kappa shape index (κ1) is 14.4. The van der Waals surface area contributed by atoms with Crippen LogP contribution in [-0.4, -0.2) is 34.7 Å². The van der Waals surface area contributed by atoms with Crippen molar-refractivity contribution < 1.29 is 18.3 Å². The van der Waals surface area contributed by atoms with Crippen LogP contribution in [0.5, 0.6) is 5.88 Å². The molecule has 0 unspecified atom stereocenters. The molecule has 114 valence electrons. The van der Waals surface area contributed by atoms with E-state index in [1.807, 2.05) is 0 Å². The lowest BCUT2D eigenvalue weighted by Crippen LogP contribution is -2.37. The third-order valence-corrected chi connectivity index (χ3v) is 3.65. The van der Waals surface area contributed by atoms with E-state index in [1.54, 1.807) is 0 Å². The number of carbonyl (C=O) groups excluding carboxylic acids is 1. The fourth-order valence-corrected chi connectivity index (χ4v) is 2.47. The van der Waals surface area contributed by atoms with Gasteiger partial charge in [0, 0.05) is 24.7 Å². The Balaban J connectivity index is 1.84. The van der Waals surface area contributed by atoms with Gasteiger partial charge in [-0.3, -0.25) is 4.79 Å². The van der Waals surface area contributed by atoms with Gasteiger partial charge in [0.15, 0.2) is 5.69 Å². The van der Waals surface area contributed by atoms with Crippen LogP contribution in [-0.2, 0) is 13.0 Å². The number of rotatable bonds is 2. The molecule has 22 heavy (non-hydrogen) atoms. The van der Waals surface area contributed by atoms with Crippen LogP contribution in [0.15, 0.2) is 24.3 Å². The second-order valence-corrected chi connectivity index (χ2v) is 4.92. The highest BCUT2D eigenvalue weighted by Crippen LogP contribution is 2.25. The topological polar surface area (TPSA) is 55.3 Å². The van der Waals surface area contributed by atoms with Gasteiger partial charge in [-0.15, -0.1) is 10.2 Å². The molecule has 0 atom stereocenters. The first-order valence-electron chi connectivity index (χ1n) is 6.73. The van der Waals surface area contributed by atoms with Gasteiger partial charge in [0.1, 0.15) is 11.6 Å². The molecule has 2 aromatic rings. The number of methoxy groups -OCH3 is 1. The fourth-order valence-electron chi connectivity index (χ4n) is 2.47. The average Bonchev–Trinajstić information content (AvgIpc) is 2.57. The Kier molecular flexibility index (Phi) is 3.70. The summed E-state index contributed by atoms with van der Waals surface area (Å²) in [6.45, 7) is 0.325. The van der Waals surface area contributed by atoms with E-state index >= 15 is 0 Å². The Hall–Kier alpha value is -2.57. The van der Waals surface area contributed by atoms with Gasteiger partial charge in [-0.05, 0) is 30.2 Å². The van der Waals surface area contributed by atoms with Gasteiger partial charge < -0.3 is 9.64 Å². The van der Waals surface area contributed by atoms with E-state index in [1.165, 1.54) is 24.1 Å². The van der Waals surface area contributed by atoms with Gasteiger partial charge in [-0.25, -0.2) is 8.78 Å². The van der Waals surface area contributed by atoms with Crippen molar-refractivity contribution in [2.24, 2.45) is 0 Å². The smallest absolute Gasteiger partial charge is 0.274 e. The molecular formula is C15H13F2N3O2. The highest BCUT2D eigenvalue weighted by molar-refractivity contribution is 5.92. The molecule has 0 spiro atoms. The quantitative estimate of drug-likeness (QED) is 0.851. The predicted molar refractivity (Wildman–Crippen MR) is 73.4 cm³/mol. The number of fused-ring (bicyclic) bond motifs is 1. The lowest BCUT2D eigenvalue weighted by atomic mass is 9.98. The van der Waals surface area contributed by atoms with Crippen LogP contribution in [0.2, 0.25) is 0 Å². The molecule has 0 radical (unpaired) electrons. The molecule has 2 heterocycles. The number of halogens is 2. The van der Waals surface area contributed by atoms with E-state index in [2.05, 4.69) is 10.2 Å². The fraction of sp³-hybridized carbons (Fsp3) is 0.267. The second kappa shape index (κ2) is 5.67. The zero-order chi connectivity index (χ0) is 15.7. The first-order chi connectivity index (χ1) is 10.6. The standard InChI is InChI=1S/C15H13F2N3O2/c1-22-14-5-4-13(18-19-14)15(21)20-7-6-9-10(8-20)12(17)3-2-11(9)16/h2-5H,6-8H2,1H3. The highest BCUT2D eigenvalue weighted by atomic mass is 19.1. The van der Waals surface area contributed by atoms with Crippen molar-refractivity contribution >= 4 is 5.91 Å². The number of nitrogens with zero attached hydrogens (tertiary/aromatic N) is 3. The van der Waals surface area contributed by atoms with Crippen LogP contribution in [0.3, 0.4) is 0 Å². The van der Waals surface area contributed by atoms with Crippen molar-refractivity contribution in [1.82, 2.24) is 15.1 Å². The summed E-state index contributed by atoms with van der Waals surface area (Å²) in [5, 5.41) is 7.52. The van der Waals surface area contributed by atoms with Crippen molar-refractivity contribution in [2.75, 3.05) is 13.7 Å². The predicted octanol–water partition coefficient (Wildman–Crippen LogP) is 1.96. The van der Waals surface area contributed by atoms with E-state index < -0.39 is 11.6 Å². The largest absolute Gasteiger partial charge is 0.480 e. The minimum Gasteiger partial charge on any atom is -0.480 e. The summed E-state index contributed by atoms with van der Waals surface area (Å²) in [6.07, 6.45) is 0.272. The zero-order valence-corrected chi connectivity index (χ0v) is 11.8. The lowest BCUT2D eigenvalue weighted by Gasteiger charge is -2.29. The summed E-state index contributed by atoms with van der Waals surface area (Å²) in [6, 6.07) is 5.21. The summed E-state index contributed by atoms with van der Waals surface area (Å²) in [5.74, 6) is -1.01. The average molecular weight is 305 g/mol. The maximum Gasteiger partial charge on any atom is 0.274 e. The maximum absolute atomic E-state index is 13.8. The molecule has 1 aliphatic heterocycles. The Labute approximate surface area is 125 Å². The number of hydrogen-bond donors (Lipinski definition) is 0. The summed E-state index contributed by atoms with van der Waals surface area (Å²) < 4.78 is 32.4. The van der Waals surface area contributed by atoms with Crippen LogP contribution in [0, 0.1) is 11.6 Å². The molecule has 1 aromatic carbocycles. The van der Waals surface area contributed by atoms with Gasteiger partial charge in [0.2, 0.25) is 5.88 Å². The monoisotopic (exact) mass is 305 g/mol. The number of benzene rings is 1. The minimum absolute atomic E-state index is 0.0193. The number of amides is 1. The summed E-state index contributed by atoms with van der Waals surface area (Å²) in [4.78, 5) is 13.8. The minimum atomic E-state index is -0.505. The summed E-state index contributed by atoms with van der Waals surface area (Å²) >= 11 is 0. The van der Waals surface area contributed by atoms with Crippen molar-refractivity contribution in [2.45, 2.75) is 13.0 Å². The molecule has 0 aliphatic carbocycles. The number of ether oxygens (including phenoxy) is 1. The first-order valence-corrected chi connectivity index (χ1v) is 6.73. The van der Waals surface area contributed by atoms with Gasteiger partial charge in [0.05, 0.1) is 7.11 Å². The Morgan fingerprint density at radius 2 is 1.86 bits per heavy atom. The molecule has 1 aromatic heterocycles. The van der Waals surface area contributed by atoms with Crippen molar-refractivity contribution in [3.63, 3.8) is 0 Å². The van der Waals surface area contributed by atoms with Crippen LogP contribution in [0.25, 0.3) is 0 Å². The van der Waals surface area contributed by atoms with E-state index in [0.717, 1.165) is 12.1 Å². The van der Waals surface area contributed by atoms with Crippen LogP contribution >= 0.6 is 0 Å². The number of hydrogen-bond acceptors (Lipinski definition) is 4. The summed E-state index contributed by atoms with van der Waals surface area (Å²) in [7, 11) is 1.45. The van der Waals surface area contributed by atoms with E-state index in [-0.39, 0.29) is 30.1 Å². The third-order valence-electron chi connectivity index (χ3n) is 3.65. The number of carbonyl (C=O) groups is 1. The molecule has 3 rings (SSSR count). The molecule has 0 saturated heterocycles.